The molecule has 1 aromatic heterocycles. The van der Waals surface area contributed by atoms with Crippen LogP contribution in [-0.2, 0) is 10.0 Å². The van der Waals surface area contributed by atoms with E-state index in [1.165, 1.54) is 10.2 Å². The van der Waals surface area contributed by atoms with Crippen molar-refractivity contribution >= 4 is 59.4 Å². The summed E-state index contributed by atoms with van der Waals surface area (Å²) in [5.41, 5.74) is 0.699. The van der Waals surface area contributed by atoms with Crippen LogP contribution in [0.5, 0.6) is 0 Å². The summed E-state index contributed by atoms with van der Waals surface area (Å²) in [5.74, 6) is 0. The number of rotatable bonds is 1. The summed E-state index contributed by atoms with van der Waals surface area (Å²) in [5, 5.41) is 0.940. The Labute approximate surface area is 110 Å². The Kier molecular flexibility index (Phi) is 2.85. The molecule has 80 valence electrons. The number of hydrogen-bond acceptors (Lipinski definition) is 2. The third-order valence-corrected chi connectivity index (χ3v) is 4.55. The molecule has 0 aliphatic heterocycles. The summed E-state index contributed by atoms with van der Waals surface area (Å²) >= 11 is 5.49. The van der Waals surface area contributed by atoms with Crippen LogP contribution in [0.1, 0.15) is 0 Å². The Hall–Kier alpha value is -0.0800. The summed E-state index contributed by atoms with van der Waals surface area (Å²) < 4.78 is 26.1. The summed E-state index contributed by atoms with van der Waals surface area (Å²) in [6.45, 7) is 0. The van der Waals surface area contributed by atoms with Gasteiger partial charge in [-0.2, -0.15) is 0 Å². The smallest absolute Gasteiger partial charge is 0.236 e. The van der Waals surface area contributed by atoms with E-state index in [1.54, 1.807) is 6.20 Å². The highest BCUT2D eigenvalue weighted by Gasteiger charge is 2.15. The van der Waals surface area contributed by atoms with Gasteiger partial charge in [-0.15, -0.1) is 0 Å². The molecular weight excluding hydrogens is 393 g/mol. The molecule has 0 radical (unpaired) electrons. The van der Waals surface area contributed by atoms with E-state index in [0.29, 0.717) is 5.52 Å². The van der Waals surface area contributed by atoms with Crippen molar-refractivity contribution in [3.63, 3.8) is 0 Å². The molecule has 0 saturated carbocycles. The van der Waals surface area contributed by atoms with Crippen molar-refractivity contribution in [1.82, 2.24) is 3.97 Å². The van der Waals surface area contributed by atoms with Crippen molar-refractivity contribution in [2.75, 3.05) is 6.26 Å². The predicted octanol–water partition coefficient (Wildman–Crippen LogP) is 2.82. The Morgan fingerprint density at radius 2 is 2.07 bits per heavy atom. The zero-order valence-electron chi connectivity index (χ0n) is 7.74. The quantitative estimate of drug-likeness (QED) is 0.691. The van der Waals surface area contributed by atoms with Crippen LogP contribution in [0.15, 0.2) is 28.9 Å². The van der Waals surface area contributed by atoms with Gasteiger partial charge in [-0.05, 0) is 44.6 Å². The van der Waals surface area contributed by atoms with Gasteiger partial charge >= 0.3 is 0 Å². The van der Waals surface area contributed by atoms with Gasteiger partial charge < -0.3 is 0 Å². The largest absolute Gasteiger partial charge is 0.243 e. The number of nitrogens with zero attached hydrogens (tertiary/aromatic N) is 1. The van der Waals surface area contributed by atoms with Crippen LogP contribution in [0.2, 0.25) is 0 Å². The zero-order valence-corrected chi connectivity index (χ0v) is 12.3. The summed E-state index contributed by atoms with van der Waals surface area (Å²) in [4.78, 5) is 0. The molecule has 0 N–H and O–H groups in total. The van der Waals surface area contributed by atoms with E-state index in [-0.39, 0.29) is 0 Å². The molecule has 0 saturated heterocycles. The molecule has 0 fully saturated rings. The van der Waals surface area contributed by atoms with Crippen LogP contribution in [-0.4, -0.2) is 18.6 Å². The molecule has 0 amide bonds. The number of para-hydroxylation sites is 1. The van der Waals surface area contributed by atoms with Crippen LogP contribution in [0.4, 0.5) is 0 Å². The van der Waals surface area contributed by atoms with Gasteiger partial charge in [0.1, 0.15) is 0 Å². The van der Waals surface area contributed by atoms with Crippen LogP contribution < -0.4 is 0 Å². The molecule has 0 aliphatic carbocycles. The average molecular weight is 400 g/mol. The fourth-order valence-electron chi connectivity index (χ4n) is 1.43. The van der Waals surface area contributed by atoms with Crippen LogP contribution >= 0.6 is 38.5 Å². The molecule has 15 heavy (non-hydrogen) atoms. The summed E-state index contributed by atoms with van der Waals surface area (Å²) in [6, 6.07) is 5.63. The van der Waals surface area contributed by atoms with Crippen LogP contribution in [0.3, 0.4) is 0 Å². The van der Waals surface area contributed by atoms with Gasteiger partial charge in [-0.1, -0.05) is 12.1 Å². The monoisotopic (exact) mass is 399 g/mol. The van der Waals surface area contributed by atoms with Gasteiger partial charge in [0.2, 0.25) is 10.0 Å². The topological polar surface area (TPSA) is 39.1 Å². The van der Waals surface area contributed by atoms with E-state index in [0.717, 1.165) is 13.4 Å². The van der Waals surface area contributed by atoms with E-state index in [2.05, 4.69) is 38.5 Å². The van der Waals surface area contributed by atoms with Crippen molar-refractivity contribution in [3.8, 4) is 0 Å². The second kappa shape index (κ2) is 3.74. The van der Waals surface area contributed by atoms with Crippen molar-refractivity contribution in [1.29, 1.82) is 0 Å². The highest BCUT2D eigenvalue weighted by molar-refractivity contribution is 14.1. The molecule has 0 atom stereocenters. The first-order valence-corrected chi connectivity index (χ1v) is 7.79. The lowest BCUT2D eigenvalue weighted by Crippen LogP contribution is -2.08. The Balaban J connectivity index is 3.01. The first-order valence-electron chi connectivity index (χ1n) is 4.07. The summed E-state index contributed by atoms with van der Waals surface area (Å²) in [6.07, 6.45) is 2.83. The third-order valence-electron chi connectivity index (χ3n) is 2.05. The maximum atomic E-state index is 11.6. The van der Waals surface area contributed by atoms with Crippen LogP contribution in [0, 0.1) is 3.57 Å². The second-order valence-corrected chi connectivity index (χ2v) is 7.05. The van der Waals surface area contributed by atoms with Gasteiger partial charge in [0.25, 0.3) is 0 Å². The molecular formula is C9H7BrINO2S. The average Bonchev–Trinajstić information content (AvgIpc) is 2.45. The fraction of sp³-hybridized carbons (Fsp3) is 0.111. The van der Waals surface area contributed by atoms with E-state index in [9.17, 15) is 8.42 Å². The lowest BCUT2D eigenvalue weighted by Gasteiger charge is -2.02. The normalized spacial score (nSPS) is 12.2. The Bertz CT molecular complexity index is 633. The third kappa shape index (κ3) is 1.94. The number of hydrogen-bond donors (Lipinski definition) is 0. The minimum Gasteiger partial charge on any atom is -0.243 e. The second-order valence-electron chi connectivity index (χ2n) is 3.17. The Morgan fingerprint density at radius 1 is 1.40 bits per heavy atom. The molecule has 2 rings (SSSR count). The number of fused-ring (bicyclic) bond motifs is 1. The lowest BCUT2D eigenvalue weighted by molar-refractivity contribution is 0.595. The minimum atomic E-state index is -3.25. The lowest BCUT2D eigenvalue weighted by atomic mass is 10.3. The predicted molar refractivity (Wildman–Crippen MR) is 72.6 cm³/mol. The number of benzene rings is 1. The molecule has 1 heterocycles. The van der Waals surface area contributed by atoms with Crippen molar-refractivity contribution in [3.05, 3.63) is 32.4 Å². The molecule has 2 aromatic rings. The van der Waals surface area contributed by atoms with Crippen molar-refractivity contribution in [2.24, 2.45) is 0 Å². The molecule has 0 spiro atoms. The molecule has 0 unspecified atom stereocenters. The van der Waals surface area contributed by atoms with E-state index >= 15 is 0 Å². The van der Waals surface area contributed by atoms with E-state index < -0.39 is 10.0 Å². The van der Waals surface area contributed by atoms with Gasteiger partial charge in [0.05, 0.1) is 11.8 Å². The van der Waals surface area contributed by atoms with Crippen molar-refractivity contribution in [2.45, 2.75) is 0 Å². The highest BCUT2D eigenvalue weighted by Crippen LogP contribution is 2.29. The van der Waals surface area contributed by atoms with Crippen molar-refractivity contribution < 1.29 is 8.42 Å². The maximum absolute atomic E-state index is 11.6. The fourth-order valence-corrected chi connectivity index (χ4v) is 3.83. The zero-order chi connectivity index (χ0) is 11.2. The van der Waals surface area contributed by atoms with Gasteiger partial charge in [0, 0.05) is 19.6 Å². The number of aromatic nitrogens is 1. The maximum Gasteiger partial charge on any atom is 0.236 e. The highest BCUT2D eigenvalue weighted by atomic mass is 127. The van der Waals surface area contributed by atoms with Gasteiger partial charge in [-0.25, -0.2) is 12.4 Å². The molecule has 1 aromatic carbocycles. The molecule has 6 heteroatoms. The molecule has 3 nitrogen and oxygen atoms in total. The first kappa shape index (κ1) is 11.4. The van der Waals surface area contributed by atoms with Gasteiger partial charge in [0.15, 0.2) is 0 Å². The van der Waals surface area contributed by atoms with E-state index in [4.69, 9.17) is 0 Å². The standard InChI is InChI=1S/C9H7BrINO2S/c1-15(13,14)12-5-8(11)6-3-2-4-7(10)9(6)12/h2-5H,1H3. The first-order chi connectivity index (χ1) is 6.91. The molecule has 0 bridgehead atoms. The molecule has 0 aliphatic rings. The van der Waals surface area contributed by atoms with E-state index in [1.807, 2.05) is 18.2 Å². The SMILES string of the molecule is CS(=O)(=O)n1cc(I)c2cccc(Br)c21. The Morgan fingerprint density at radius 3 is 2.67 bits per heavy atom. The van der Waals surface area contributed by atoms with Crippen LogP contribution in [0.25, 0.3) is 10.9 Å². The summed E-state index contributed by atoms with van der Waals surface area (Å²) in [7, 11) is -3.25. The van der Waals surface area contributed by atoms with Gasteiger partial charge in [-0.3, -0.25) is 0 Å². The minimum absolute atomic E-state index is 0.699. The number of halogens is 2.